The molecule has 1 atom stereocenters. The molecule has 0 spiro atoms. The first-order valence-corrected chi connectivity index (χ1v) is 8.27. The maximum absolute atomic E-state index is 12.9. The molecule has 1 unspecified atom stereocenters. The van der Waals surface area contributed by atoms with E-state index in [0.717, 1.165) is 16.8 Å². The van der Waals surface area contributed by atoms with E-state index in [-0.39, 0.29) is 18.2 Å². The standard InChI is InChI=1S/C19H18N4O2/c1-12-7-8-13(2)17(9-12)22-11-14(10-18(22)24)19(25)23-16-6-4-3-5-15(16)20-21-23/h3-9,14H,10-11H2,1-2H3. The minimum atomic E-state index is -0.419. The van der Waals surface area contributed by atoms with Gasteiger partial charge in [-0.3, -0.25) is 9.59 Å². The zero-order valence-corrected chi connectivity index (χ0v) is 14.1. The number of nitrogens with zero attached hydrogens (tertiary/aromatic N) is 4. The van der Waals surface area contributed by atoms with Crippen LogP contribution in [-0.2, 0) is 4.79 Å². The molecular weight excluding hydrogens is 316 g/mol. The average Bonchev–Trinajstić information content (AvgIpc) is 3.20. The number of aryl methyl sites for hydroxylation is 2. The first-order chi connectivity index (χ1) is 12.0. The van der Waals surface area contributed by atoms with E-state index in [1.165, 1.54) is 4.68 Å². The van der Waals surface area contributed by atoms with Crippen LogP contribution in [0.4, 0.5) is 5.69 Å². The van der Waals surface area contributed by atoms with Crippen molar-refractivity contribution >= 4 is 28.5 Å². The van der Waals surface area contributed by atoms with Crippen molar-refractivity contribution in [2.24, 2.45) is 5.92 Å². The summed E-state index contributed by atoms with van der Waals surface area (Å²) in [6, 6.07) is 13.3. The second-order valence-electron chi connectivity index (χ2n) is 6.52. The smallest absolute Gasteiger partial charge is 0.254 e. The van der Waals surface area contributed by atoms with Crippen LogP contribution in [0.3, 0.4) is 0 Å². The quantitative estimate of drug-likeness (QED) is 0.723. The Labute approximate surface area is 145 Å². The molecule has 6 heteroatoms. The molecule has 0 radical (unpaired) electrons. The fourth-order valence-corrected chi connectivity index (χ4v) is 3.32. The molecule has 2 heterocycles. The molecule has 0 saturated carbocycles. The van der Waals surface area contributed by atoms with Crippen LogP contribution in [0.2, 0.25) is 0 Å². The highest BCUT2D eigenvalue weighted by molar-refractivity contribution is 6.02. The summed E-state index contributed by atoms with van der Waals surface area (Å²) in [5, 5.41) is 8.01. The zero-order valence-electron chi connectivity index (χ0n) is 14.1. The lowest BCUT2D eigenvalue weighted by molar-refractivity contribution is -0.117. The maximum atomic E-state index is 12.9. The van der Waals surface area contributed by atoms with Gasteiger partial charge in [0, 0.05) is 18.7 Å². The summed E-state index contributed by atoms with van der Waals surface area (Å²) in [5.41, 5.74) is 4.34. The number of fused-ring (bicyclic) bond motifs is 1. The van der Waals surface area contributed by atoms with Gasteiger partial charge in [0.1, 0.15) is 5.52 Å². The summed E-state index contributed by atoms with van der Waals surface area (Å²) in [4.78, 5) is 27.1. The molecule has 1 fully saturated rings. The summed E-state index contributed by atoms with van der Waals surface area (Å²) >= 11 is 0. The molecule has 0 bridgehead atoms. The molecule has 1 amide bonds. The van der Waals surface area contributed by atoms with Crippen molar-refractivity contribution < 1.29 is 9.59 Å². The van der Waals surface area contributed by atoms with Crippen molar-refractivity contribution in [3.63, 3.8) is 0 Å². The van der Waals surface area contributed by atoms with E-state index in [0.29, 0.717) is 17.6 Å². The van der Waals surface area contributed by atoms with Crippen molar-refractivity contribution in [3.8, 4) is 0 Å². The van der Waals surface area contributed by atoms with E-state index < -0.39 is 5.92 Å². The van der Waals surface area contributed by atoms with Crippen LogP contribution in [0.1, 0.15) is 22.3 Å². The third kappa shape index (κ3) is 2.59. The van der Waals surface area contributed by atoms with Crippen molar-refractivity contribution in [1.29, 1.82) is 0 Å². The van der Waals surface area contributed by atoms with Gasteiger partial charge in [0.25, 0.3) is 5.91 Å². The second kappa shape index (κ2) is 5.81. The second-order valence-corrected chi connectivity index (χ2v) is 6.52. The Morgan fingerprint density at radius 1 is 1.16 bits per heavy atom. The lowest BCUT2D eigenvalue weighted by Crippen LogP contribution is -2.28. The highest BCUT2D eigenvalue weighted by atomic mass is 16.2. The number of rotatable bonds is 2. The normalized spacial score (nSPS) is 17.4. The highest BCUT2D eigenvalue weighted by Crippen LogP contribution is 2.29. The highest BCUT2D eigenvalue weighted by Gasteiger charge is 2.37. The zero-order chi connectivity index (χ0) is 17.6. The topological polar surface area (TPSA) is 68.1 Å². The van der Waals surface area contributed by atoms with Crippen LogP contribution >= 0.6 is 0 Å². The van der Waals surface area contributed by atoms with E-state index in [1.807, 2.05) is 56.3 Å². The minimum absolute atomic E-state index is 0.0310. The number of carbonyl (C=O) groups excluding carboxylic acids is 2. The number of aromatic nitrogens is 3. The van der Waals surface area contributed by atoms with Gasteiger partial charge < -0.3 is 4.90 Å². The van der Waals surface area contributed by atoms with Crippen molar-refractivity contribution in [2.75, 3.05) is 11.4 Å². The summed E-state index contributed by atoms with van der Waals surface area (Å²) < 4.78 is 1.32. The minimum Gasteiger partial charge on any atom is -0.311 e. The summed E-state index contributed by atoms with van der Waals surface area (Å²) in [6.07, 6.45) is 0.195. The third-order valence-electron chi connectivity index (χ3n) is 4.69. The van der Waals surface area contributed by atoms with Gasteiger partial charge >= 0.3 is 0 Å². The Morgan fingerprint density at radius 3 is 2.80 bits per heavy atom. The van der Waals surface area contributed by atoms with Gasteiger partial charge in [-0.1, -0.05) is 29.5 Å². The number of hydrogen-bond donors (Lipinski definition) is 0. The fraction of sp³-hybridized carbons (Fsp3) is 0.263. The monoisotopic (exact) mass is 334 g/mol. The molecule has 1 aromatic heterocycles. The number of hydrogen-bond acceptors (Lipinski definition) is 4. The lowest BCUT2D eigenvalue weighted by Gasteiger charge is -2.19. The SMILES string of the molecule is Cc1ccc(C)c(N2CC(C(=O)n3nnc4ccccc43)CC2=O)c1. The number of anilines is 1. The Kier molecular flexibility index (Phi) is 3.60. The molecule has 126 valence electrons. The molecule has 25 heavy (non-hydrogen) atoms. The lowest BCUT2D eigenvalue weighted by atomic mass is 10.1. The molecular formula is C19H18N4O2. The van der Waals surface area contributed by atoms with Gasteiger partial charge in [-0.15, -0.1) is 5.10 Å². The maximum Gasteiger partial charge on any atom is 0.254 e. The van der Waals surface area contributed by atoms with Crippen LogP contribution in [0.5, 0.6) is 0 Å². The third-order valence-corrected chi connectivity index (χ3v) is 4.69. The Balaban J connectivity index is 1.64. The van der Waals surface area contributed by atoms with Crippen molar-refractivity contribution in [3.05, 3.63) is 53.6 Å². The predicted molar refractivity (Wildman–Crippen MR) is 94.5 cm³/mol. The molecule has 0 aliphatic carbocycles. The molecule has 3 aromatic rings. The number of para-hydroxylation sites is 1. The van der Waals surface area contributed by atoms with E-state index in [2.05, 4.69) is 10.3 Å². The average molecular weight is 334 g/mol. The fourth-order valence-electron chi connectivity index (χ4n) is 3.32. The summed E-state index contributed by atoms with van der Waals surface area (Å²) in [5.74, 6) is -0.635. The Hall–Kier alpha value is -3.02. The van der Waals surface area contributed by atoms with Gasteiger partial charge in [0.05, 0.1) is 11.4 Å². The first kappa shape index (κ1) is 15.5. The van der Waals surface area contributed by atoms with Crippen LogP contribution < -0.4 is 4.90 Å². The largest absolute Gasteiger partial charge is 0.311 e. The molecule has 0 N–H and O–H groups in total. The van der Waals surface area contributed by atoms with E-state index in [4.69, 9.17) is 0 Å². The van der Waals surface area contributed by atoms with Gasteiger partial charge in [0.15, 0.2) is 0 Å². The van der Waals surface area contributed by atoms with Gasteiger partial charge in [-0.05, 0) is 43.2 Å². The Morgan fingerprint density at radius 2 is 1.96 bits per heavy atom. The Bertz CT molecular complexity index is 992. The van der Waals surface area contributed by atoms with Crippen molar-refractivity contribution in [1.82, 2.24) is 15.0 Å². The summed E-state index contributed by atoms with van der Waals surface area (Å²) in [6.45, 7) is 4.34. The number of amides is 1. The molecule has 1 aliphatic heterocycles. The van der Waals surface area contributed by atoms with Gasteiger partial charge in [-0.2, -0.15) is 4.68 Å². The van der Waals surface area contributed by atoms with E-state index >= 15 is 0 Å². The number of carbonyl (C=O) groups is 2. The van der Waals surface area contributed by atoms with Gasteiger partial charge in [-0.25, -0.2) is 0 Å². The van der Waals surface area contributed by atoms with Crippen molar-refractivity contribution in [2.45, 2.75) is 20.3 Å². The molecule has 6 nitrogen and oxygen atoms in total. The molecule has 2 aromatic carbocycles. The van der Waals surface area contributed by atoms with Gasteiger partial charge in [0.2, 0.25) is 5.91 Å². The molecule has 1 saturated heterocycles. The summed E-state index contributed by atoms with van der Waals surface area (Å²) in [7, 11) is 0. The molecule has 1 aliphatic rings. The van der Waals surface area contributed by atoms with E-state index in [9.17, 15) is 9.59 Å². The van der Waals surface area contributed by atoms with Crippen LogP contribution in [0.15, 0.2) is 42.5 Å². The number of benzene rings is 2. The molecule has 4 rings (SSSR count). The van der Waals surface area contributed by atoms with Crippen LogP contribution in [-0.4, -0.2) is 33.4 Å². The first-order valence-electron chi connectivity index (χ1n) is 8.27. The van der Waals surface area contributed by atoms with Crippen LogP contribution in [0, 0.1) is 19.8 Å². The van der Waals surface area contributed by atoms with Crippen LogP contribution in [0.25, 0.3) is 11.0 Å². The van der Waals surface area contributed by atoms with E-state index in [1.54, 1.807) is 4.90 Å². The predicted octanol–water partition coefficient (Wildman–Crippen LogP) is 2.74.